The smallest absolute Gasteiger partial charge is 0.305 e. The van der Waals surface area contributed by atoms with Crippen molar-refractivity contribution in [1.29, 1.82) is 0 Å². The molecule has 112 valence electrons. The van der Waals surface area contributed by atoms with E-state index in [9.17, 15) is 9.90 Å². The summed E-state index contributed by atoms with van der Waals surface area (Å²) in [6.45, 7) is 8.32. The van der Waals surface area contributed by atoms with Crippen molar-refractivity contribution >= 4 is 5.97 Å². The predicted octanol–water partition coefficient (Wildman–Crippen LogP) is 4.13. The van der Waals surface area contributed by atoms with Crippen LogP contribution < -0.4 is 0 Å². The average molecular weight is 278 g/mol. The first-order valence-corrected chi connectivity index (χ1v) is 7.29. The Morgan fingerprint density at radius 2 is 1.65 bits per heavy atom. The highest BCUT2D eigenvalue weighted by Crippen LogP contribution is 2.35. The standard InChI is InChI=1S/C17H26O3/c1-11(2)14-9-13(7-6-8-16(18)20-5)10-15(12(3)4)17(14)19/h9-12,19H,6-8H2,1-5H3. The maximum atomic E-state index is 11.1. The topological polar surface area (TPSA) is 46.5 Å². The van der Waals surface area contributed by atoms with Gasteiger partial charge in [0.25, 0.3) is 0 Å². The fraction of sp³-hybridized carbons (Fsp3) is 0.588. The minimum Gasteiger partial charge on any atom is -0.507 e. The van der Waals surface area contributed by atoms with E-state index >= 15 is 0 Å². The SMILES string of the molecule is COC(=O)CCCc1cc(C(C)C)c(O)c(C(C)C)c1. The number of methoxy groups -OCH3 is 1. The third-order valence-corrected chi connectivity index (χ3v) is 3.55. The second-order valence-electron chi connectivity index (χ2n) is 5.86. The van der Waals surface area contributed by atoms with Crippen LogP contribution in [0.4, 0.5) is 0 Å². The number of benzene rings is 1. The zero-order chi connectivity index (χ0) is 15.3. The van der Waals surface area contributed by atoms with Crippen LogP contribution in [0.5, 0.6) is 5.75 Å². The molecule has 0 radical (unpaired) electrons. The zero-order valence-corrected chi connectivity index (χ0v) is 13.2. The Labute approximate surface area is 122 Å². The molecule has 0 aliphatic carbocycles. The number of carbonyl (C=O) groups excluding carboxylic acids is 1. The van der Waals surface area contributed by atoms with Crippen LogP contribution in [-0.4, -0.2) is 18.2 Å². The largest absolute Gasteiger partial charge is 0.507 e. The minimum atomic E-state index is -0.169. The molecule has 3 heteroatoms. The average Bonchev–Trinajstić information content (AvgIpc) is 2.39. The van der Waals surface area contributed by atoms with Gasteiger partial charge in [0.1, 0.15) is 5.75 Å². The Kier molecular flexibility index (Phi) is 6.05. The summed E-state index contributed by atoms with van der Waals surface area (Å²) in [5, 5.41) is 10.3. The molecule has 0 aromatic heterocycles. The highest BCUT2D eigenvalue weighted by atomic mass is 16.5. The Morgan fingerprint density at radius 1 is 1.15 bits per heavy atom. The van der Waals surface area contributed by atoms with E-state index in [0.717, 1.165) is 24.0 Å². The van der Waals surface area contributed by atoms with E-state index in [1.807, 2.05) is 0 Å². The van der Waals surface area contributed by atoms with E-state index in [1.165, 1.54) is 12.7 Å². The molecule has 0 atom stereocenters. The number of rotatable bonds is 6. The number of carbonyl (C=O) groups is 1. The van der Waals surface area contributed by atoms with Crippen LogP contribution in [0.1, 0.15) is 69.1 Å². The first kappa shape index (κ1) is 16.5. The number of ether oxygens (including phenoxy) is 1. The molecular weight excluding hydrogens is 252 g/mol. The van der Waals surface area contributed by atoms with Crippen LogP contribution in [0.3, 0.4) is 0 Å². The first-order chi connectivity index (χ1) is 9.36. The highest BCUT2D eigenvalue weighted by Gasteiger charge is 2.15. The van der Waals surface area contributed by atoms with Crippen molar-refractivity contribution in [3.05, 3.63) is 28.8 Å². The van der Waals surface area contributed by atoms with Gasteiger partial charge in [-0.1, -0.05) is 39.8 Å². The lowest BCUT2D eigenvalue weighted by atomic mass is 9.90. The Bertz CT molecular complexity index is 432. The van der Waals surface area contributed by atoms with Crippen LogP contribution in [0.25, 0.3) is 0 Å². The molecule has 0 heterocycles. The van der Waals surface area contributed by atoms with Crippen molar-refractivity contribution in [2.45, 2.75) is 58.8 Å². The lowest BCUT2D eigenvalue weighted by molar-refractivity contribution is -0.140. The summed E-state index contributed by atoms with van der Waals surface area (Å²) >= 11 is 0. The van der Waals surface area contributed by atoms with Crippen LogP contribution in [0.2, 0.25) is 0 Å². The van der Waals surface area contributed by atoms with Gasteiger partial charge in [-0.15, -0.1) is 0 Å². The molecule has 0 saturated carbocycles. The van der Waals surface area contributed by atoms with Gasteiger partial charge in [0.15, 0.2) is 0 Å². The van der Waals surface area contributed by atoms with E-state index in [1.54, 1.807) is 0 Å². The number of aryl methyl sites for hydroxylation is 1. The number of esters is 1. The van der Waals surface area contributed by atoms with Crippen molar-refractivity contribution in [2.75, 3.05) is 7.11 Å². The third-order valence-electron chi connectivity index (χ3n) is 3.55. The predicted molar refractivity (Wildman–Crippen MR) is 81.2 cm³/mol. The molecule has 0 spiro atoms. The summed E-state index contributed by atoms with van der Waals surface area (Å²) in [7, 11) is 1.41. The van der Waals surface area contributed by atoms with Gasteiger partial charge in [-0.25, -0.2) is 0 Å². The monoisotopic (exact) mass is 278 g/mol. The Balaban J connectivity index is 2.93. The van der Waals surface area contributed by atoms with E-state index in [2.05, 4.69) is 44.6 Å². The number of hydrogen-bond acceptors (Lipinski definition) is 3. The quantitative estimate of drug-likeness (QED) is 0.796. The van der Waals surface area contributed by atoms with Crippen LogP contribution in [0.15, 0.2) is 12.1 Å². The molecule has 20 heavy (non-hydrogen) atoms. The third kappa shape index (κ3) is 4.26. The van der Waals surface area contributed by atoms with E-state index in [-0.39, 0.29) is 17.8 Å². The van der Waals surface area contributed by atoms with E-state index in [0.29, 0.717) is 12.2 Å². The molecule has 1 aromatic carbocycles. The zero-order valence-electron chi connectivity index (χ0n) is 13.2. The van der Waals surface area contributed by atoms with Gasteiger partial charge in [-0.05, 0) is 41.4 Å². The van der Waals surface area contributed by atoms with Gasteiger partial charge in [-0.3, -0.25) is 4.79 Å². The summed E-state index contributed by atoms with van der Waals surface area (Å²) in [6, 6.07) is 4.12. The number of hydrogen-bond donors (Lipinski definition) is 1. The molecule has 0 aliphatic heterocycles. The van der Waals surface area contributed by atoms with E-state index in [4.69, 9.17) is 0 Å². The van der Waals surface area contributed by atoms with Gasteiger partial charge in [0.2, 0.25) is 0 Å². The fourth-order valence-electron chi connectivity index (χ4n) is 2.31. The normalized spacial score (nSPS) is 11.2. The van der Waals surface area contributed by atoms with Crippen molar-refractivity contribution in [3.8, 4) is 5.75 Å². The van der Waals surface area contributed by atoms with Crippen molar-refractivity contribution < 1.29 is 14.6 Å². The molecule has 0 bridgehead atoms. The summed E-state index contributed by atoms with van der Waals surface area (Å²) in [5.74, 6) is 0.824. The lowest BCUT2D eigenvalue weighted by Gasteiger charge is -2.17. The van der Waals surface area contributed by atoms with E-state index < -0.39 is 0 Å². The molecule has 3 nitrogen and oxygen atoms in total. The number of aromatic hydroxyl groups is 1. The van der Waals surface area contributed by atoms with Crippen molar-refractivity contribution in [1.82, 2.24) is 0 Å². The Hall–Kier alpha value is -1.51. The van der Waals surface area contributed by atoms with Crippen LogP contribution in [0, 0.1) is 0 Å². The molecule has 0 fully saturated rings. The maximum Gasteiger partial charge on any atom is 0.305 e. The van der Waals surface area contributed by atoms with Crippen LogP contribution >= 0.6 is 0 Å². The summed E-state index contributed by atoms with van der Waals surface area (Å²) in [5.41, 5.74) is 3.16. The molecule has 0 unspecified atom stereocenters. The Morgan fingerprint density at radius 3 is 2.05 bits per heavy atom. The molecule has 1 rings (SSSR count). The number of phenolic OH excluding ortho intramolecular Hbond substituents is 1. The molecule has 1 aromatic rings. The lowest BCUT2D eigenvalue weighted by Crippen LogP contribution is -2.02. The van der Waals surface area contributed by atoms with Gasteiger partial charge in [0, 0.05) is 6.42 Å². The van der Waals surface area contributed by atoms with Crippen molar-refractivity contribution in [3.63, 3.8) is 0 Å². The first-order valence-electron chi connectivity index (χ1n) is 7.29. The van der Waals surface area contributed by atoms with Gasteiger partial charge in [0.05, 0.1) is 7.11 Å². The molecule has 0 saturated heterocycles. The molecule has 0 aliphatic rings. The molecular formula is C17H26O3. The van der Waals surface area contributed by atoms with Crippen LogP contribution in [-0.2, 0) is 16.0 Å². The van der Waals surface area contributed by atoms with Gasteiger partial charge < -0.3 is 9.84 Å². The summed E-state index contributed by atoms with van der Waals surface area (Å²) in [4.78, 5) is 11.1. The minimum absolute atomic E-state index is 0.169. The molecule has 0 amide bonds. The molecule has 1 N–H and O–H groups in total. The fourth-order valence-corrected chi connectivity index (χ4v) is 2.31. The summed E-state index contributed by atoms with van der Waals surface area (Å²) in [6.07, 6.45) is 2.03. The maximum absolute atomic E-state index is 11.1. The summed E-state index contributed by atoms with van der Waals surface area (Å²) < 4.78 is 4.65. The second-order valence-corrected chi connectivity index (χ2v) is 5.86. The van der Waals surface area contributed by atoms with Gasteiger partial charge in [-0.2, -0.15) is 0 Å². The van der Waals surface area contributed by atoms with Gasteiger partial charge >= 0.3 is 5.97 Å². The van der Waals surface area contributed by atoms with Crippen molar-refractivity contribution in [2.24, 2.45) is 0 Å². The highest BCUT2D eigenvalue weighted by molar-refractivity contribution is 5.69. The second kappa shape index (κ2) is 7.32. The number of phenols is 1.